The van der Waals surface area contributed by atoms with Gasteiger partial charge in [-0.25, -0.2) is 10.2 Å². The summed E-state index contributed by atoms with van der Waals surface area (Å²) in [6, 6.07) is 3.92. The minimum Gasteiger partial charge on any atom is -0.507 e. The number of aromatic hydroxyl groups is 1. The lowest BCUT2D eigenvalue weighted by molar-refractivity contribution is 0.249. The van der Waals surface area contributed by atoms with Crippen molar-refractivity contribution >= 4 is 23.3 Å². The first-order valence-corrected chi connectivity index (χ1v) is 5.03. The summed E-state index contributed by atoms with van der Waals surface area (Å²) in [5.74, 6) is 0.0133. The standard InChI is InChI=1S/C10H12ClN3O2/c1-2-8(13-14-10(12)16)7-4-3-6(11)5-9(7)15/h3-5,15H,2H2,1H3,(H3,12,14,16)/b13-8+. The molecule has 86 valence electrons. The molecule has 0 radical (unpaired) electrons. The Bertz CT molecular complexity index is 432. The fraction of sp³-hybridized carbons (Fsp3) is 0.200. The van der Waals surface area contributed by atoms with Gasteiger partial charge in [-0.1, -0.05) is 18.5 Å². The van der Waals surface area contributed by atoms with Crippen LogP contribution in [0, 0.1) is 0 Å². The Morgan fingerprint density at radius 1 is 1.62 bits per heavy atom. The van der Waals surface area contributed by atoms with Gasteiger partial charge in [0.25, 0.3) is 0 Å². The van der Waals surface area contributed by atoms with E-state index >= 15 is 0 Å². The highest BCUT2D eigenvalue weighted by Gasteiger charge is 2.08. The minimum absolute atomic E-state index is 0.0133. The molecule has 16 heavy (non-hydrogen) atoms. The third kappa shape index (κ3) is 3.13. The number of benzene rings is 1. The van der Waals surface area contributed by atoms with Gasteiger partial charge in [0.05, 0.1) is 5.71 Å². The minimum atomic E-state index is -0.751. The van der Waals surface area contributed by atoms with Crippen LogP contribution >= 0.6 is 11.6 Å². The molecule has 1 rings (SSSR count). The number of phenolic OH excluding ortho intramolecular Hbond substituents is 1. The quantitative estimate of drug-likeness (QED) is 0.557. The number of nitrogens with two attached hydrogens (primary N) is 1. The molecule has 0 aromatic heterocycles. The van der Waals surface area contributed by atoms with Crippen molar-refractivity contribution in [2.75, 3.05) is 0 Å². The second kappa shape index (κ2) is 5.37. The molecule has 4 N–H and O–H groups in total. The van der Waals surface area contributed by atoms with E-state index in [4.69, 9.17) is 17.3 Å². The lowest BCUT2D eigenvalue weighted by atomic mass is 10.1. The van der Waals surface area contributed by atoms with Gasteiger partial charge in [0, 0.05) is 10.6 Å². The van der Waals surface area contributed by atoms with Crippen molar-refractivity contribution < 1.29 is 9.90 Å². The average Bonchev–Trinajstić information content (AvgIpc) is 2.21. The number of rotatable bonds is 3. The van der Waals surface area contributed by atoms with Crippen LogP contribution in [0.25, 0.3) is 0 Å². The number of nitrogens with one attached hydrogen (secondary N) is 1. The van der Waals surface area contributed by atoms with E-state index in [1.807, 2.05) is 6.92 Å². The Morgan fingerprint density at radius 3 is 2.81 bits per heavy atom. The zero-order chi connectivity index (χ0) is 12.1. The molecule has 0 fully saturated rings. The number of hydrazone groups is 1. The maximum Gasteiger partial charge on any atom is 0.332 e. The molecule has 5 nitrogen and oxygen atoms in total. The summed E-state index contributed by atoms with van der Waals surface area (Å²) in [7, 11) is 0. The summed E-state index contributed by atoms with van der Waals surface area (Å²) in [6.45, 7) is 1.84. The first kappa shape index (κ1) is 12.3. The molecule has 0 unspecified atom stereocenters. The number of hydrogen-bond donors (Lipinski definition) is 3. The number of amides is 2. The van der Waals surface area contributed by atoms with E-state index in [9.17, 15) is 9.90 Å². The number of phenols is 1. The molecule has 1 aromatic rings. The van der Waals surface area contributed by atoms with Crippen molar-refractivity contribution in [3.63, 3.8) is 0 Å². The van der Waals surface area contributed by atoms with Crippen LogP contribution < -0.4 is 11.2 Å². The molecule has 0 saturated carbocycles. The van der Waals surface area contributed by atoms with Crippen LogP contribution in [0.2, 0.25) is 5.02 Å². The molecular formula is C10H12ClN3O2. The molecule has 0 bridgehead atoms. The smallest absolute Gasteiger partial charge is 0.332 e. The highest BCUT2D eigenvalue weighted by atomic mass is 35.5. The van der Waals surface area contributed by atoms with Crippen molar-refractivity contribution in [1.82, 2.24) is 5.43 Å². The van der Waals surface area contributed by atoms with Gasteiger partial charge in [-0.05, 0) is 24.6 Å². The van der Waals surface area contributed by atoms with Crippen LogP contribution in [0.3, 0.4) is 0 Å². The van der Waals surface area contributed by atoms with Gasteiger partial charge >= 0.3 is 6.03 Å². The van der Waals surface area contributed by atoms with Gasteiger partial charge < -0.3 is 10.8 Å². The zero-order valence-corrected chi connectivity index (χ0v) is 9.45. The predicted octanol–water partition coefficient (Wildman–Crippen LogP) is 1.83. The molecule has 0 aliphatic heterocycles. The van der Waals surface area contributed by atoms with Gasteiger partial charge in [0.15, 0.2) is 0 Å². The first-order valence-electron chi connectivity index (χ1n) is 4.65. The number of carbonyl (C=O) groups is 1. The van der Waals surface area contributed by atoms with Crippen LogP contribution in [0.4, 0.5) is 4.79 Å². The van der Waals surface area contributed by atoms with E-state index < -0.39 is 6.03 Å². The van der Waals surface area contributed by atoms with Gasteiger partial charge in [-0.2, -0.15) is 5.10 Å². The molecule has 0 saturated heterocycles. The highest BCUT2D eigenvalue weighted by molar-refractivity contribution is 6.30. The molecule has 0 atom stereocenters. The van der Waals surface area contributed by atoms with Crippen molar-refractivity contribution in [2.45, 2.75) is 13.3 Å². The van der Waals surface area contributed by atoms with Crippen LogP contribution in [-0.2, 0) is 0 Å². The van der Waals surface area contributed by atoms with E-state index in [1.165, 1.54) is 6.07 Å². The van der Waals surface area contributed by atoms with Gasteiger partial charge in [0.1, 0.15) is 5.75 Å². The Labute approximate surface area is 97.9 Å². The maximum atomic E-state index is 10.5. The van der Waals surface area contributed by atoms with Crippen molar-refractivity contribution in [3.05, 3.63) is 28.8 Å². The summed E-state index contributed by atoms with van der Waals surface area (Å²) in [5.41, 5.74) is 8.05. The highest BCUT2D eigenvalue weighted by Crippen LogP contribution is 2.23. The molecule has 2 amide bonds. The number of primary amides is 1. The monoisotopic (exact) mass is 241 g/mol. The van der Waals surface area contributed by atoms with E-state index in [0.717, 1.165) is 0 Å². The molecule has 0 heterocycles. The van der Waals surface area contributed by atoms with Gasteiger partial charge in [-0.15, -0.1) is 0 Å². The Kier molecular flexibility index (Phi) is 4.13. The maximum absolute atomic E-state index is 10.5. The summed E-state index contributed by atoms with van der Waals surface area (Å²) in [5, 5.41) is 13.9. The molecule has 0 aliphatic rings. The molecule has 0 aliphatic carbocycles. The second-order valence-electron chi connectivity index (χ2n) is 3.05. The first-order chi connectivity index (χ1) is 7.54. The molecular weight excluding hydrogens is 230 g/mol. The number of nitrogens with zero attached hydrogens (tertiary/aromatic N) is 1. The summed E-state index contributed by atoms with van der Waals surface area (Å²) < 4.78 is 0. The van der Waals surface area contributed by atoms with Crippen LogP contribution in [0.1, 0.15) is 18.9 Å². The fourth-order valence-corrected chi connectivity index (χ4v) is 1.37. The van der Waals surface area contributed by atoms with Gasteiger partial charge in [-0.3, -0.25) is 0 Å². The number of hydrogen-bond acceptors (Lipinski definition) is 3. The Morgan fingerprint density at radius 2 is 2.31 bits per heavy atom. The SMILES string of the molecule is CC/C(=N\NC(N)=O)c1ccc(Cl)cc1O. The lowest BCUT2D eigenvalue weighted by Crippen LogP contribution is -2.25. The summed E-state index contributed by atoms with van der Waals surface area (Å²) in [6.07, 6.45) is 0.537. The fourth-order valence-electron chi connectivity index (χ4n) is 1.20. The van der Waals surface area contributed by atoms with Crippen molar-refractivity contribution in [2.24, 2.45) is 10.8 Å². The van der Waals surface area contributed by atoms with Crippen molar-refractivity contribution in [1.29, 1.82) is 0 Å². The topological polar surface area (TPSA) is 87.7 Å². The van der Waals surface area contributed by atoms with Crippen LogP contribution in [0.5, 0.6) is 5.75 Å². The van der Waals surface area contributed by atoms with Crippen molar-refractivity contribution in [3.8, 4) is 5.75 Å². The van der Waals surface area contributed by atoms with E-state index in [2.05, 4.69) is 10.5 Å². The summed E-state index contributed by atoms with van der Waals surface area (Å²) >= 11 is 5.70. The van der Waals surface area contributed by atoms with Gasteiger partial charge in [0.2, 0.25) is 0 Å². The number of urea groups is 1. The van der Waals surface area contributed by atoms with Crippen LogP contribution in [-0.4, -0.2) is 16.8 Å². The van der Waals surface area contributed by atoms with E-state index in [-0.39, 0.29) is 5.75 Å². The third-order valence-electron chi connectivity index (χ3n) is 1.91. The van der Waals surface area contributed by atoms with E-state index in [1.54, 1.807) is 12.1 Å². The summed E-state index contributed by atoms with van der Waals surface area (Å²) in [4.78, 5) is 10.5. The third-order valence-corrected chi connectivity index (χ3v) is 2.14. The van der Waals surface area contributed by atoms with E-state index in [0.29, 0.717) is 22.7 Å². The zero-order valence-electron chi connectivity index (χ0n) is 8.70. The lowest BCUT2D eigenvalue weighted by Gasteiger charge is -2.06. The second-order valence-corrected chi connectivity index (χ2v) is 3.49. The Balaban J connectivity index is 3.04. The Hall–Kier alpha value is -1.75. The molecule has 1 aromatic carbocycles. The van der Waals surface area contributed by atoms with Crippen LogP contribution in [0.15, 0.2) is 23.3 Å². The number of carbonyl (C=O) groups excluding carboxylic acids is 1. The molecule has 6 heteroatoms. The predicted molar refractivity (Wildman–Crippen MR) is 62.7 cm³/mol. The number of halogens is 1. The average molecular weight is 242 g/mol. The molecule has 0 spiro atoms. The normalized spacial score (nSPS) is 11.2. The largest absolute Gasteiger partial charge is 0.507 e.